The number of aliphatic hydroxyl groups is 1. The van der Waals surface area contributed by atoms with Gasteiger partial charge in [0.05, 0.1) is 0 Å². The summed E-state index contributed by atoms with van der Waals surface area (Å²) in [5.41, 5.74) is -0.859. The fourth-order valence-corrected chi connectivity index (χ4v) is 0.345. The predicted octanol–water partition coefficient (Wildman–Crippen LogP) is 0.661. The Morgan fingerprint density at radius 1 is 1.90 bits per heavy atom. The minimum atomic E-state index is -1.14. The lowest BCUT2D eigenvalue weighted by Crippen LogP contribution is -2.21. The number of halogens is 1. The highest BCUT2D eigenvalue weighted by Crippen LogP contribution is 2.00. The fraction of sp³-hybridized carbons (Fsp3) is 0.500. The Bertz CT molecular complexity index is 133. The van der Waals surface area contributed by atoms with E-state index in [1.165, 1.54) is 13.0 Å². The number of hydrogen-bond acceptors (Lipinski definition) is 3. The summed E-state index contributed by atoms with van der Waals surface area (Å²) < 4.78 is 4.42. The molecule has 4 heteroatoms. The van der Waals surface area contributed by atoms with Gasteiger partial charge in [-0.15, -0.1) is 0 Å². The van der Waals surface area contributed by atoms with Gasteiger partial charge in [0.15, 0.2) is 5.56 Å². The number of alkyl halides is 1. The van der Waals surface area contributed by atoms with Crippen molar-refractivity contribution in [1.29, 1.82) is 0 Å². The van der Waals surface area contributed by atoms with Crippen LogP contribution in [0.2, 0.25) is 0 Å². The van der Waals surface area contributed by atoms with Crippen LogP contribution < -0.4 is 0 Å². The summed E-state index contributed by atoms with van der Waals surface area (Å²) in [5.74, 6) is -0.750. The van der Waals surface area contributed by atoms with Gasteiger partial charge in [0.2, 0.25) is 0 Å². The molecule has 10 heavy (non-hydrogen) atoms. The molecule has 0 amide bonds. The quantitative estimate of drug-likeness (QED) is 0.379. The standard InChI is InChI=1S/C6H9ClO3/c1-3-5(7)10-6(9)4(2)8/h3-5,8H,1H2,2H3/t4-,5-/m0/s1. The highest BCUT2D eigenvalue weighted by atomic mass is 35.5. The van der Waals surface area contributed by atoms with Crippen LogP contribution in [0, 0.1) is 0 Å². The van der Waals surface area contributed by atoms with Gasteiger partial charge in [-0.2, -0.15) is 0 Å². The smallest absolute Gasteiger partial charge is 0.336 e. The van der Waals surface area contributed by atoms with E-state index in [1.807, 2.05) is 0 Å². The second-order valence-corrected chi connectivity index (χ2v) is 2.13. The van der Waals surface area contributed by atoms with Crippen LogP contribution in [0.1, 0.15) is 6.92 Å². The van der Waals surface area contributed by atoms with E-state index in [1.54, 1.807) is 0 Å². The Kier molecular flexibility index (Phi) is 4.07. The van der Waals surface area contributed by atoms with E-state index in [0.717, 1.165) is 0 Å². The molecule has 2 atom stereocenters. The molecular formula is C6H9ClO3. The Morgan fingerprint density at radius 2 is 2.40 bits per heavy atom. The molecule has 0 aliphatic carbocycles. The average molecular weight is 165 g/mol. The molecule has 1 N–H and O–H groups in total. The Morgan fingerprint density at radius 3 is 2.70 bits per heavy atom. The number of carbonyl (C=O) groups excluding carboxylic acids is 1. The summed E-state index contributed by atoms with van der Waals surface area (Å²) >= 11 is 5.33. The first-order valence-electron chi connectivity index (χ1n) is 2.73. The maximum Gasteiger partial charge on any atom is 0.336 e. The molecular weight excluding hydrogens is 156 g/mol. The number of ether oxygens (including phenoxy) is 1. The summed E-state index contributed by atoms with van der Waals surface area (Å²) in [5, 5.41) is 8.60. The van der Waals surface area contributed by atoms with Crippen molar-refractivity contribution in [3.05, 3.63) is 12.7 Å². The number of hydrogen-bond donors (Lipinski definition) is 1. The van der Waals surface area contributed by atoms with Crippen LogP contribution in [-0.2, 0) is 9.53 Å². The first-order valence-corrected chi connectivity index (χ1v) is 3.16. The van der Waals surface area contributed by atoms with Crippen LogP contribution in [0.3, 0.4) is 0 Å². The molecule has 0 unspecified atom stereocenters. The average Bonchev–Trinajstić information content (AvgIpc) is 1.87. The Balaban J connectivity index is 3.68. The van der Waals surface area contributed by atoms with Gasteiger partial charge in [0.25, 0.3) is 0 Å². The molecule has 3 nitrogen and oxygen atoms in total. The molecule has 0 aromatic heterocycles. The molecule has 0 heterocycles. The Hall–Kier alpha value is -0.540. The van der Waals surface area contributed by atoms with Gasteiger partial charge in [0, 0.05) is 0 Å². The number of esters is 1. The van der Waals surface area contributed by atoms with Crippen molar-refractivity contribution in [2.24, 2.45) is 0 Å². The third-order valence-corrected chi connectivity index (χ3v) is 1.02. The molecule has 0 bridgehead atoms. The molecule has 58 valence electrons. The first kappa shape index (κ1) is 9.46. The third-order valence-electron chi connectivity index (χ3n) is 0.755. The van der Waals surface area contributed by atoms with E-state index in [9.17, 15) is 4.79 Å². The highest BCUT2D eigenvalue weighted by Gasteiger charge is 2.12. The lowest BCUT2D eigenvalue weighted by molar-refractivity contribution is -0.152. The molecule has 0 spiro atoms. The van der Waals surface area contributed by atoms with Crippen molar-refractivity contribution < 1.29 is 14.6 Å². The molecule has 0 fully saturated rings. The first-order chi connectivity index (χ1) is 4.57. The normalized spacial score (nSPS) is 15.5. The zero-order chi connectivity index (χ0) is 8.15. The zero-order valence-corrected chi connectivity index (χ0v) is 6.34. The van der Waals surface area contributed by atoms with Crippen LogP contribution in [0.5, 0.6) is 0 Å². The molecule has 0 aliphatic heterocycles. The molecule has 0 rings (SSSR count). The van der Waals surface area contributed by atoms with Crippen molar-refractivity contribution in [2.75, 3.05) is 0 Å². The van der Waals surface area contributed by atoms with Gasteiger partial charge >= 0.3 is 5.97 Å². The van der Waals surface area contributed by atoms with Crippen LogP contribution in [0.15, 0.2) is 12.7 Å². The summed E-state index contributed by atoms with van der Waals surface area (Å²) in [4.78, 5) is 10.5. The van der Waals surface area contributed by atoms with Crippen LogP contribution in [0.25, 0.3) is 0 Å². The summed E-state index contributed by atoms with van der Waals surface area (Å²) in [6, 6.07) is 0. The van der Waals surface area contributed by atoms with Crippen molar-refractivity contribution >= 4 is 17.6 Å². The highest BCUT2D eigenvalue weighted by molar-refractivity contribution is 6.21. The fourth-order valence-electron chi connectivity index (χ4n) is 0.258. The minimum Gasteiger partial charge on any atom is -0.440 e. The van der Waals surface area contributed by atoms with E-state index >= 15 is 0 Å². The van der Waals surface area contributed by atoms with E-state index < -0.39 is 17.6 Å². The van der Waals surface area contributed by atoms with Crippen LogP contribution >= 0.6 is 11.6 Å². The van der Waals surface area contributed by atoms with Crippen molar-refractivity contribution in [2.45, 2.75) is 18.6 Å². The van der Waals surface area contributed by atoms with Crippen LogP contribution in [-0.4, -0.2) is 22.7 Å². The van der Waals surface area contributed by atoms with E-state index in [0.29, 0.717) is 0 Å². The van der Waals surface area contributed by atoms with Crippen molar-refractivity contribution in [3.63, 3.8) is 0 Å². The van der Waals surface area contributed by atoms with E-state index in [4.69, 9.17) is 16.7 Å². The maximum atomic E-state index is 10.5. The monoisotopic (exact) mass is 164 g/mol. The van der Waals surface area contributed by atoms with Crippen LogP contribution in [0.4, 0.5) is 0 Å². The second-order valence-electron chi connectivity index (χ2n) is 1.70. The summed E-state index contributed by atoms with van der Waals surface area (Å²) in [7, 11) is 0. The molecule has 0 saturated carbocycles. The van der Waals surface area contributed by atoms with Gasteiger partial charge in [-0.1, -0.05) is 18.2 Å². The largest absolute Gasteiger partial charge is 0.440 e. The van der Waals surface area contributed by atoms with Gasteiger partial charge in [-0.25, -0.2) is 4.79 Å². The topological polar surface area (TPSA) is 46.5 Å². The number of carbonyl (C=O) groups is 1. The van der Waals surface area contributed by atoms with E-state index in [-0.39, 0.29) is 0 Å². The maximum absolute atomic E-state index is 10.5. The number of rotatable bonds is 3. The van der Waals surface area contributed by atoms with E-state index in [2.05, 4.69) is 11.3 Å². The Labute approximate surface area is 64.2 Å². The molecule has 0 aromatic rings. The molecule has 0 aromatic carbocycles. The molecule has 0 radical (unpaired) electrons. The lowest BCUT2D eigenvalue weighted by atomic mass is 10.4. The minimum absolute atomic E-state index is 0.750. The summed E-state index contributed by atoms with van der Waals surface area (Å²) in [6.45, 7) is 4.58. The lowest BCUT2D eigenvalue weighted by Gasteiger charge is -2.07. The van der Waals surface area contributed by atoms with Crippen molar-refractivity contribution in [3.8, 4) is 0 Å². The van der Waals surface area contributed by atoms with Gasteiger partial charge < -0.3 is 9.84 Å². The molecule has 0 aliphatic rings. The second kappa shape index (κ2) is 4.30. The van der Waals surface area contributed by atoms with Crippen molar-refractivity contribution in [1.82, 2.24) is 0 Å². The van der Waals surface area contributed by atoms with Gasteiger partial charge in [-0.05, 0) is 13.0 Å². The zero-order valence-electron chi connectivity index (χ0n) is 5.58. The predicted molar refractivity (Wildman–Crippen MR) is 37.6 cm³/mol. The van der Waals surface area contributed by atoms with Gasteiger partial charge in [0.1, 0.15) is 6.10 Å². The molecule has 0 saturated heterocycles. The van der Waals surface area contributed by atoms with Gasteiger partial charge in [-0.3, -0.25) is 0 Å². The number of aliphatic hydroxyl groups excluding tert-OH is 1. The third kappa shape index (κ3) is 3.48. The SMILES string of the molecule is C=C[C@@H](Cl)OC(=O)[C@H](C)O. The summed E-state index contributed by atoms with van der Waals surface area (Å²) in [6.07, 6.45) is 0.114.